The Balaban J connectivity index is 2.45. The first-order valence-corrected chi connectivity index (χ1v) is 6.20. The molecule has 0 radical (unpaired) electrons. The summed E-state index contributed by atoms with van der Waals surface area (Å²) >= 11 is 0. The smallest absolute Gasteiger partial charge is 0.267 e. The second-order valence-corrected chi connectivity index (χ2v) is 4.55. The van der Waals surface area contributed by atoms with E-state index in [2.05, 4.69) is 5.10 Å². The number of aromatic nitrogens is 2. The lowest BCUT2D eigenvalue weighted by molar-refractivity contribution is -0.124. The van der Waals surface area contributed by atoms with Crippen LogP contribution in [0, 0.1) is 6.92 Å². The molecule has 1 aromatic carbocycles. The van der Waals surface area contributed by atoms with E-state index in [0.717, 1.165) is 15.8 Å². The van der Waals surface area contributed by atoms with Gasteiger partial charge in [0.05, 0.1) is 5.69 Å². The molecule has 1 amide bonds. The Hall–Kier alpha value is -2.47. The van der Waals surface area contributed by atoms with E-state index in [1.54, 1.807) is 13.0 Å². The predicted octanol–water partition coefficient (Wildman–Crippen LogP) is 0.770. The summed E-state index contributed by atoms with van der Waals surface area (Å²) in [5.41, 5.74) is 4.31. The highest BCUT2D eigenvalue weighted by atomic mass is 16.2. The molecule has 2 rings (SSSR count). The van der Waals surface area contributed by atoms with Gasteiger partial charge in [-0.05, 0) is 19.9 Å². The minimum Gasteiger partial charge on any atom is -0.292 e. The van der Waals surface area contributed by atoms with Crippen molar-refractivity contribution in [3.8, 4) is 11.3 Å². The van der Waals surface area contributed by atoms with Crippen LogP contribution in [0.25, 0.3) is 11.3 Å². The van der Waals surface area contributed by atoms with E-state index in [9.17, 15) is 9.59 Å². The zero-order valence-corrected chi connectivity index (χ0v) is 11.3. The number of benzene rings is 1. The third kappa shape index (κ3) is 2.75. The van der Waals surface area contributed by atoms with Gasteiger partial charge in [-0.1, -0.05) is 29.8 Å². The van der Waals surface area contributed by atoms with Gasteiger partial charge in [0.2, 0.25) is 0 Å². The molecule has 0 aliphatic rings. The van der Waals surface area contributed by atoms with Crippen LogP contribution in [0.15, 0.2) is 41.2 Å². The van der Waals surface area contributed by atoms with Crippen molar-refractivity contribution in [2.45, 2.75) is 19.9 Å². The Kier molecular flexibility index (Phi) is 3.95. The van der Waals surface area contributed by atoms with Crippen molar-refractivity contribution in [2.24, 2.45) is 5.84 Å². The zero-order chi connectivity index (χ0) is 14.7. The van der Waals surface area contributed by atoms with Crippen molar-refractivity contribution in [1.29, 1.82) is 0 Å². The van der Waals surface area contributed by atoms with Gasteiger partial charge in [-0.2, -0.15) is 5.10 Å². The highest BCUT2D eigenvalue weighted by Gasteiger charge is 2.16. The fourth-order valence-electron chi connectivity index (χ4n) is 1.81. The molecule has 1 heterocycles. The first-order valence-electron chi connectivity index (χ1n) is 6.20. The molecule has 20 heavy (non-hydrogen) atoms. The summed E-state index contributed by atoms with van der Waals surface area (Å²) in [5.74, 6) is 4.61. The van der Waals surface area contributed by atoms with Crippen LogP contribution >= 0.6 is 0 Å². The van der Waals surface area contributed by atoms with E-state index in [1.165, 1.54) is 6.07 Å². The van der Waals surface area contributed by atoms with Gasteiger partial charge in [0.25, 0.3) is 11.5 Å². The molecule has 0 fully saturated rings. The van der Waals surface area contributed by atoms with E-state index < -0.39 is 11.9 Å². The number of hydrogen-bond acceptors (Lipinski definition) is 4. The van der Waals surface area contributed by atoms with Crippen molar-refractivity contribution in [3.05, 3.63) is 52.3 Å². The van der Waals surface area contributed by atoms with Crippen molar-refractivity contribution < 1.29 is 4.79 Å². The molecule has 1 unspecified atom stereocenters. The maximum Gasteiger partial charge on any atom is 0.267 e. The van der Waals surface area contributed by atoms with Crippen LogP contribution in [0.4, 0.5) is 0 Å². The van der Waals surface area contributed by atoms with E-state index in [1.807, 2.05) is 36.6 Å². The van der Waals surface area contributed by atoms with Crippen molar-refractivity contribution in [2.75, 3.05) is 0 Å². The van der Waals surface area contributed by atoms with E-state index in [0.29, 0.717) is 5.69 Å². The van der Waals surface area contributed by atoms with Gasteiger partial charge in [-0.3, -0.25) is 15.0 Å². The Morgan fingerprint density at radius 2 is 1.90 bits per heavy atom. The molecule has 6 nitrogen and oxygen atoms in total. The summed E-state index contributed by atoms with van der Waals surface area (Å²) in [5, 5.41) is 4.23. The standard InChI is InChI=1S/C14H16N4O2/c1-9-3-5-11(6-4-9)12-7-8-13(19)18(17-12)10(2)14(20)16-15/h3-8,10H,15H2,1-2H3,(H,16,20). The minimum atomic E-state index is -0.766. The van der Waals surface area contributed by atoms with Gasteiger partial charge in [0.1, 0.15) is 6.04 Å². The number of rotatable bonds is 3. The summed E-state index contributed by atoms with van der Waals surface area (Å²) < 4.78 is 1.12. The van der Waals surface area contributed by atoms with Gasteiger partial charge in [-0.25, -0.2) is 10.5 Å². The number of nitrogens with zero attached hydrogens (tertiary/aromatic N) is 2. The fraction of sp³-hybridized carbons (Fsp3) is 0.214. The number of hydrogen-bond donors (Lipinski definition) is 2. The van der Waals surface area contributed by atoms with E-state index >= 15 is 0 Å². The molecule has 1 aromatic heterocycles. The van der Waals surface area contributed by atoms with Crippen LogP contribution in [0.1, 0.15) is 18.5 Å². The highest BCUT2D eigenvalue weighted by molar-refractivity contribution is 5.79. The Labute approximate surface area is 116 Å². The Morgan fingerprint density at radius 3 is 2.50 bits per heavy atom. The van der Waals surface area contributed by atoms with Crippen molar-refractivity contribution >= 4 is 5.91 Å². The maximum absolute atomic E-state index is 11.8. The number of amides is 1. The Bertz CT molecular complexity index is 676. The lowest BCUT2D eigenvalue weighted by Gasteiger charge is -2.13. The zero-order valence-electron chi connectivity index (χ0n) is 11.3. The number of hydrazine groups is 1. The van der Waals surface area contributed by atoms with Gasteiger partial charge >= 0.3 is 0 Å². The predicted molar refractivity (Wildman–Crippen MR) is 75.7 cm³/mol. The highest BCUT2D eigenvalue weighted by Crippen LogP contribution is 2.16. The maximum atomic E-state index is 11.8. The molecule has 0 saturated carbocycles. The average Bonchev–Trinajstić information content (AvgIpc) is 2.47. The van der Waals surface area contributed by atoms with Crippen LogP contribution in [0.5, 0.6) is 0 Å². The summed E-state index contributed by atoms with van der Waals surface area (Å²) in [6, 6.07) is 10.0. The number of aryl methyl sites for hydroxylation is 1. The lowest BCUT2D eigenvalue weighted by atomic mass is 10.1. The molecule has 104 valence electrons. The first kappa shape index (κ1) is 14.0. The molecule has 1 atom stereocenters. The molecule has 0 bridgehead atoms. The van der Waals surface area contributed by atoms with E-state index in [-0.39, 0.29) is 5.56 Å². The molecular formula is C14H16N4O2. The molecule has 0 saturated heterocycles. The average molecular weight is 272 g/mol. The summed E-state index contributed by atoms with van der Waals surface area (Å²) in [6.07, 6.45) is 0. The number of nitrogens with one attached hydrogen (secondary N) is 1. The van der Waals surface area contributed by atoms with Gasteiger partial charge in [0, 0.05) is 11.6 Å². The topological polar surface area (TPSA) is 90.0 Å². The number of carbonyl (C=O) groups is 1. The summed E-state index contributed by atoms with van der Waals surface area (Å²) in [7, 11) is 0. The molecule has 6 heteroatoms. The van der Waals surface area contributed by atoms with Crippen LogP contribution in [-0.2, 0) is 4.79 Å². The summed E-state index contributed by atoms with van der Waals surface area (Å²) in [4.78, 5) is 23.3. The van der Waals surface area contributed by atoms with Crippen LogP contribution in [-0.4, -0.2) is 15.7 Å². The van der Waals surface area contributed by atoms with Crippen molar-refractivity contribution in [3.63, 3.8) is 0 Å². The van der Waals surface area contributed by atoms with Gasteiger partial charge in [-0.15, -0.1) is 0 Å². The quantitative estimate of drug-likeness (QED) is 0.490. The third-order valence-electron chi connectivity index (χ3n) is 3.06. The number of nitrogens with two attached hydrogens (primary N) is 1. The van der Waals surface area contributed by atoms with Crippen molar-refractivity contribution in [1.82, 2.24) is 15.2 Å². The van der Waals surface area contributed by atoms with Gasteiger partial charge in [0.15, 0.2) is 0 Å². The molecule has 0 spiro atoms. The minimum absolute atomic E-state index is 0.350. The normalized spacial score (nSPS) is 11.9. The molecule has 0 aliphatic heterocycles. The first-order chi connectivity index (χ1) is 9.52. The number of carbonyl (C=O) groups excluding carboxylic acids is 1. The van der Waals surface area contributed by atoms with E-state index in [4.69, 9.17) is 5.84 Å². The van der Waals surface area contributed by atoms with Crippen LogP contribution in [0.2, 0.25) is 0 Å². The van der Waals surface area contributed by atoms with Crippen LogP contribution in [0.3, 0.4) is 0 Å². The SMILES string of the molecule is Cc1ccc(-c2ccc(=O)n(C(C)C(=O)NN)n2)cc1. The lowest BCUT2D eigenvalue weighted by Crippen LogP contribution is -2.40. The fourth-order valence-corrected chi connectivity index (χ4v) is 1.81. The summed E-state index contributed by atoms with van der Waals surface area (Å²) in [6.45, 7) is 3.56. The third-order valence-corrected chi connectivity index (χ3v) is 3.06. The van der Waals surface area contributed by atoms with Crippen LogP contribution < -0.4 is 16.8 Å². The second kappa shape index (κ2) is 5.66. The van der Waals surface area contributed by atoms with Gasteiger partial charge < -0.3 is 0 Å². The monoisotopic (exact) mass is 272 g/mol. The largest absolute Gasteiger partial charge is 0.292 e. The molecule has 3 N–H and O–H groups in total. The second-order valence-electron chi connectivity index (χ2n) is 4.55. The molecule has 2 aromatic rings. The molecular weight excluding hydrogens is 256 g/mol. The Morgan fingerprint density at radius 1 is 1.25 bits per heavy atom. The molecule has 0 aliphatic carbocycles.